The normalized spacial score (nSPS) is 25.7. The number of nitrogens with zero attached hydrogens (tertiary/aromatic N) is 1. The second kappa shape index (κ2) is 9.33. The minimum Gasteiger partial charge on any atom is -0.349 e. The lowest BCUT2D eigenvalue weighted by Crippen LogP contribution is -2.53. The molecule has 2 atom stereocenters. The van der Waals surface area contributed by atoms with Crippen molar-refractivity contribution >= 4 is 29.9 Å². The van der Waals surface area contributed by atoms with Crippen LogP contribution >= 0.6 is 24.0 Å². The molecule has 2 unspecified atom stereocenters. The van der Waals surface area contributed by atoms with Gasteiger partial charge in [-0.25, -0.2) is 0 Å². The van der Waals surface area contributed by atoms with Gasteiger partial charge < -0.3 is 15.6 Å². The molecule has 2 aliphatic rings. The van der Waals surface area contributed by atoms with Crippen LogP contribution < -0.4 is 16.6 Å². The molecule has 3 N–H and O–H groups in total. The quantitative estimate of drug-likeness (QED) is 0.769. The average Bonchev–Trinajstić information content (AvgIpc) is 2.66. The first-order valence-corrected chi connectivity index (χ1v) is 10.4. The third-order valence-electron chi connectivity index (χ3n) is 6.22. The maximum Gasteiger partial charge on any atom is 0.253 e. The summed E-state index contributed by atoms with van der Waals surface area (Å²) in [6, 6.07) is 10.9. The molecule has 0 aliphatic heterocycles. The minimum absolute atomic E-state index is 0. The molecule has 2 fully saturated rings. The van der Waals surface area contributed by atoms with E-state index in [4.69, 9.17) is 17.3 Å². The van der Waals surface area contributed by atoms with Crippen LogP contribution in [0.4, 0.5) is 0 Å². The van der Waals surface area contributed by atoms with Crippen molar-refractivity contribution in [2.24, 2.45) is 17.6 Å². The van der Waals surface area contributed by atoms with Crippen LogP contribution in [-0.2, 0) is 6.54 Å². The third kappa shape index (κ3) is 4.85. The maximum atomic E-state index is 12.9. The van der Waals surface area contributed by atoms with Gasteiger partial charge in [0.25, 0.3) is 11.5 Å². The summed E-state index contributed by atoms with van der Waals surface area (Å²) in [6.45, 7) is 0.336. The smallest absolute Gasteiger partial charge is 0.253 e. The van der Waals surface area contributed by atoms with Crippen molar-refractivity contribution in [1.29, 1.82) is 0 Å². The summed E-state index contributed by atoms with van der Waals surface area (Å²) in [4.78, 5) is 25.2. The van der Waals surface area contributed by atoms with Gasteiger partial charge >= 0.3 is 0 Å². The van der Waals surface area contributed by atoms with Crippen molar-refractivity contribution in [2.75, 3.05) is 0 Å². The van der Waals surface area contributed by atoms with E-state index in [1.54, 1.807) is 18.3 Å². The highest BCUT2D eigenvalue weighted by molar-refractivity contribution is 6.31. The largest absolute Gasteiger partial charge is 0.349 e. The van der Waals surface area contributed by atoms with E-state index in [1.807, 2.05) is 18.2 Å². The summed E-state index contributed by atoms with van der Waals surface area (Å²) in [7, 11) is 0. The van der Waals surface area contributed by atoms with E-state index >= 15 is 0 Å². The van der Waals surface area contributed by atoms with Crippen LogP contribution in [0, 0.1) is 11.8 Å². The third-order valence-corrected chi connectivity index (χ3v) is 6.59. The van der Waals surface area contributed by atoms with Crippen LogP contribution in [0.5, 0.6) is 0 Å². The monoisotopic (exact) mass is 435 g/mol. The number of rotatable bonds is 4. The van der Waals surface area contributed by atoms with Crippen molar-refractivity contribution in [3.05, 3.63) is 69.1 Å². The molecule has 1 aromatic carbocycles. The van der Waals surface area contributed by atoms with Crippen LogP contribution in [-0.4, -0.2) is 22.6 Å². The first kappa shape index (κ1) is 21.9. The Bertz CT molecular complexity index is 916. The average molecular weight is 436 g/mol. The summed E-state index contributed by atoms with van der Waals surface area (Å²) in [5.41, 5.74) is 7.38. The number of nitrogens with two attached hydrogens (primary N) is 1. The van der Waals surface area contributed by atoms with E-state index in [-0.39, 0.29) is 36.0 Å². The van der Waals surface area contributed by atoms with Crippen LogP contribution in [0.3, 0.4) is 0 Å². The van der Waals surface area contributed by atoms with E-state index < -0.39 is 0 Å². The zero-order chi connectivity index (χ0) is 19.7. The second-order valence-corrected chi connectivity index (χ2v) is 8.56. The minimum atomic E-state index is -0.156. The zero-order valence-corrected chi connectivity index (χ0v) is 17.8. The van der Waals surface area contributed by atoms with Gasteiger partial charge in [-0.15, -0.1) is 12.4 Å². The van der Waals surface area contributed by atoms with Gasteiger partial charge in [0.1, 0.15) is 0 Å². The number of amides is 1. The molecule has 156 valence electrons. The molecule has 7 heteroatoms. The van der Waals surface area contributed by atoms with Crippen molar-refractivity contribution in [2.45, 2.75) is 50.7 Å². The van der Waals surface area contributed by atoms with Gasteiger partial charge in [0.2, 0.25) is 0 Å². The van der Waals surface area contributed by atoms with Gasteiger partial charge in [-0.05, 0) is 55.2 Å². The molecule has 29 heavy (non-hydrogen) atoms. The number of carbonyl (C=O) groups excluding carboxylic acids is 1. The lowest BCUT2D eigenvalue weighted by atomic mass is 9.67. The van der Waals surface area contributed by atoms with Crippen LogP contribution in [0.1, 0.15) is 48.0 Å². The number of carbonyl (C=O) groups is 1. The van der Waals surface area contributed by atoms with Crippen molar-refractivity contribution < 1.29 is 4.79 Å². The fourth-order valence-corrected chi connectivity index (χ4v) is 5.05. The van der Waals surface area contributed by atoms with Gasteiger partial charge in [-0.1, -0.05) is 36.2 Å². The number of fused-ring (bicyclic) bond motifs is 2. The van der Waals surface area contributed by atoms with E-state index in [0.717, 1.165) is 31.2 Å². The maximum absolute atomic E-state index is 12.9. The molecule has 2 bridgehead atoms. The van der Waals surface area contributed by atoms with Crippen LogP contribution in [0.15, 0.2) is 47.4 Å². The van der Waals surface area contributed by atoms with E-state index in [0.29, 0.717) is 29.0 Å². The highest BCUT2D eigenvalue weighted by Gasteiger charge is 2.40. The summed E-state index contributed by atoms with van der Waals surface area (Å²) in [5, 5.41) is 3.85. The molecule has 1 aromatic heterocycles. The summed E-state index contributed by atoms with van der Waals surface area (Å²) in [5.74, 6) is 0.797. The number of nitrogens with one attached hydrogen (secondary N) is 1. The molecular weight excluding hydrogens is 409 g/mol. The molecule has 1 heterocycles. The Balaban J connectivity index is 0.00000240. The molecule has 4 rings (SSSR count). The molecule has 5 nitrogen and oxygen atoms in total. The predicted molar refractivity (Wildman–Crippen MR) is 118 cm³/mol. The molecule has 2 saturated carbocycles. The van der Waals surface area contributed by atoms with Gasteiger partial charge in [-0.2, -0.15) is 0 Å². The second-order valence-electron chi connectivity index (χ2n) is 8.16. The Labute approximate surface area is 182 Å². The number of hydrogen-bond acceptors (Lipinski definition) is 3. The van der Waals surface area contributed by atoms with E-state index in [2.05, 4.69) is 5.32 Å². The van der Waals surface area contributed by atoms with Gasteiger partial charge in [0.05, 0.1) is 12.1 Å². The predicted octanol–water partition coefficient (Wildman–Crippen LogP) is 3.61. The lowest BCUT2D eigenvalue weighted by Gasteiger charge is -2.45. The molecule has 0 spiro atoms. The fraction of sp³-hybridized carbons (Fsp3) is 0.455. The molecule has 0 radical (unpaired) electrons. The fourth-order valence-electron chi connectivity index (χ4n) is 4.86. The Morgan fingerprint density at radius 2 is 1.83 bits per heavy atom. The number of hydrogen-bond donors (Lipinski definition) is 2. The zero-order valence-electron chi connectivity index (χ0n) is 16.2. The van der Waals surface area contributed by atoms with Gasteiger partial charge in [-0.3, -0.25) is 9.59 Å². The van der Waals surface area contributed by atoms with Gasteiger partial charge in [0, 0.05) is 29.4 Å². The SMILES string of the molecule is Cl.NC1CC2CCCC(C1)C2NC(=O)c1ccc(=O)n(Cc2ccccc2Cl)c1. The molecular formula is C22H27Cl2N3O2. The topological polar surface area (TPSA) is 77.1 Å². The lowest BCUT2D eigenvalue weighted by molar-refractivity contribution is 0.0755. The highest BCUT2D eigenvalue weighted by atomic mass is 35.5. The molecule has 1 amide bonds. The van der Waals surface area contributed by atoms with Crippen molar-refractivity contribution in [3.63, 3.8) is 0 Å². The first-order valence-electron chi connectivity index (χ1n) is 10.0. The number of benzene rings is 1. The van der Waals surface area contributed by atoms with Gasteiger partial charge in [0.15, 0.2) is 0 Å². The Morgan fingerprint density at radius 3 is 2.52 bits per heavy atom. The Morgan fingerprint density at radius 1 is 1.14 bits per heavy atom. The van der Waals surface area contributed by atoms with E-state index in [9.17, 15) is 9.59 Å². The highest BCUT2D eigenvalue weighted by Crippen LogP contribution is 2.39. The standard InChI is InChI=1S/C22H26ClN3O2.ClH/c23-19-7-2-1-4-16(19)12-26-13-17(8-9-20(26)27)22(28)25-21-14-5-3-6-15(21)11-18(24)10-14;/h1-2,4,7-9,13-15,18,21H,3,5-6,10-12,24H2,(H,25,28);1H. The van der Waals surface area contributed by atoms with Crippen molar-refractivity contribution in [3.8, 4) is 0 Å². The first-order chi connectivity index (χ1) is 13.5. The number of pyridine rings is 1. The Hall–Kier alpha value is -1.82. The van der Waals surface area contributed by atoms with E-state index in [1.165, 1.54) is 17.1 Å². The number of halogens is 2. The van der Waals surface area contributed by atoms with Crippen LogP contribution in [0.2, 0.25) is 5.02 Å². The summed E-state index contributed by atoms with van der Waals surface area (Å²) < 4.78 is 1.54. The van der Waals surface area contributed by atoms with Crippen molar-refractivity contribution in [1.82, 2.24) is 9.88 Å². The molecule has 2 aliphatic carbocycles. The summed E-state index contributed by atoms with van der Waals surface area (Å²) >= 11 is 6.22. The number of aromatic nitrogens is 1. The molecule has 0 saturated heterocycles. The Kier molecular flexibility index (Phi) is 7.04. The van der Waals surface area contributed by atoms with Crippen LogP contribution in [0.25, 0.3) is 0 Å². The summed E-state index contributed by atoms with van der Waals surface area (Å²) in [6.07, 6.45) is 7.06. The molecule has 2 aromatic rings.